The lowest BCUT2D eigenvalue weighted by Gasteiger charge is -2.01. The Morgan fingerprint density at radius 1 is 1.19 bits per heavy atom. The third kappa shape index (κ3) is 1.37. The predicted molar refractivity (Wildman–Crippen MR) is 65.7 cm³/mol. The Labute approximate surface area is 96.6 Å². The van der Waals surface area contributed by atoms with E-state index in [0.717, 1.165) is 15.5 Å². The summed E-state index contributed by atoms with van der Waals surface area (Å²) >= 11 is 1.69. The second kappa shape index (κ2) is 3.77. The lowest BCUT2D eigenvalue weighted by Crippen LogP contribution is -2.01. The van der Waals surface area contributed by atoms with Crippen molar-refractivity contribution in [3.63, 3.8) is 0 Å². The Bertz CT molecular complexity index is 653. The van der Waals surface area contributed by atoms with Crippen LogP contribution in [-0.2, 0) is 0 Å². The molecule has 16 heavy (non-hydrogen) atoms. The maximum absolute atomic E-state index is 8.70. The smallest absolute Gasteiger partial charge is 0.523 e. The van der Waals surface area contributed by atoms with Gasteiger partial charge in [-0.1, -0.05) is 18.2 Å². The molecule has 1 radical (unpaired) electrons. The fourth-order valence-corrected chi connectivity index (χ4v) is 2.87. The Morgan fingerprint density at radius 3 is 2.94 bits per heavy atom. The maximum atomic E-state index is 8.70. The number of nitrogens with zero attached hydrogens (tertiary/aromatic N) is 1. The monoisotopic (exact) mass is 228 g/mol. The van der Waals surface area contributed by atoms with Gasteiger partial charge in [-0.3, -0.25) is 0 Å². The van der Waals surface area contributed by atoms with Crippen molar-refractivity contribution < 1.29 is 9.68 Å². The summed E-state index contributed by atoms with van der Waals surface area (Å²) < 4.78 is 7.30. The number of pyridine rings is 1. The van der Waals surface area contributed by atoms with Gasteiger partial charge in [0, 0.05) is 21.0 Å². The summed E-state index contributed by atoms with van der Waals surface area (Å²) in [6, 6.07) is 10.0. The first-order valence-corrected chi connectivity index (χ1v) is 5.60. The first-order chi connectivity index (χ1) is 7.90. The molecule has 0 bridgehead atoms. The van der Waals surface area contributed by atoms with E-state index in [1.165, 1.54) is 4.70 Å². The minimum absolute atomic E-state index is 0.442. The molecule has 0 amide bonds. The zero-order valence-electron chi connectivity index (χ0n) is 8.25. The van der Waals surface area contributed by atoms with Crippen molar-refractivity contribution in [2.75, 3.05) is 0 Å². The highest BCUT2D eigenvalue weighted by Gasteiger charge is 2.10. The molecule has 0 saturated heterocycles. The molecule has 3 nitrogen and oxygen atoms in total. The molecule has 0 saturated carbocycles. The Balaban J connectivity index is 2.43. The molecular formula is C11H7BNO2S. The summed E-state index contributed by atoms with van der Waals surface area (Å²) in [7, 11) is 0.661. The van der Waals surface area contributed by atoms with Crippen molar-refractivity contribution >= 4 is 39.2 Å². The highest BCUT2D eigenvalue weighted by molar-refractivity contribution is 7.25. The largest absolute Gasteiger partial charge is 0.570 e. The van der Waals surface area contributed by atoms with Crippen molar-refractivity contribution in [3.05, 3.63) is 36.5 Å². The van der Waals surface area contributed by atoms with Crippen LogP contribution < -0.4 is 4.65 Å². The molecule has 1 N–H and O–H groups in total. The lowest BCUT2D eigenvalue weighted by molar-refractivity contribution is 0.447. The van der Waals surface area contributed by atoms with Crippen LogP contribution in [-0.4, -0.2) is 17.7 Å². The van der Waals surface area contributed by atoms with Gasteiger partial charge in [-0.25, -0.2) is 4.98 Å². The van der Waals surface area contributed by atoms with Gasteiger partial charge in [0.05, 0.1) is 5.39 Å². The number of rotatable bonds is 2. The third-order valence-corrected chi connectivity index (χ3v) is 3.55. The summed E-state index contributed by atoms with van der Waals surface area (Å²) in [6.07, 6.45) is 1.68. The number of thiophene rings is 1. The average Bonchev–Trinajstić information content (AvgIpc) is 2.68. The lowest BCUT2D eigenvalue weighted by atomic mass is 10.2. The molecule has 5 heteroatoms. The molecular weight excluding hydrogens is 221 g/mol. The van der Waals surface area contributed by atoms with Gasteiger partial charge in [-0.2, -0.15) is 0 Å². The van der Waals surface area contributed by atoms with Gasteiger partial charge in [0.2, 0.25) is 5.88 Å². The van der Waals surface area contributed by atoms with Gasteiger partial charge >= 0.3 is 7.69 Å². The van der Waals surface area contributed by atoms with Crippen molar-refractivity contribution in [2.45, 2.75) is 0 Å². The van der Waals surface area contributed by atoms with Gasteiger partial charge in [0.15, 0.2) is 0 Å². The first kappa shape index (κ1) is 9.63. The molecule has 0 aliphatic carbocycles. The van der Waals surface area contributed by atoms with Crippen LogP contribution in [0.3, 0.4) is 0 Å². The zero-order chi connectivity index (χ0) is 11.0. The van der Waals surface area contributed by atoms with Crippen LogP contribution in [0.1, 0.15) is 0 Å². The minimum atomic E-state index is 0.442. The van der Waals surface area contributed by atoms with Crippen molar-refractivity contribution in [2.24, 2.45) is 0 Å². The van der Waals surface area contributed by atoms with Crippen LogP contribution in [0.4, 0.5) is 0 Å². The quantitative estimate of drug-likeness (QED) is 0.684. The van der Waals surface area contributed by atoms with E-state index >= 15 is 0 Å². The summed E-state index contributed by atoms with van der Waals surface area (Å²) in [5.41, 5.74) is 0. The van der Waals surface area contributed by atoms with E-state index in [1.54, 1.807) is 17.5 Å². The summed E-state index contributed by atoms with van der Waals surface area (Å²) in [4.78, 5) is 4.11. The van der Waals surface area contributed by atoms with E-state index in [0.29, 0.717) is 13.6 Å². The number of hydrogen-bond donors (Lipinski definition) is 1. The molecule has 0 atom stereocenters. The number of hydrogen-bond acceptors (Lipinski definition) is 4. The summed E-state index contributed by atoms with van der Waals surface area (Å²) in [5, 5.41) is 10.8. The van der Waals surface area contributed by atoms with E-state index in [2.05, 4.69) is 11.1 Å². The molecule has 2 aromatic heterocycles. The SMILES string of the molecule is O[B]Oc1nccc2sc3ccccc3c12. The molecule has 1 aromatic carbocycles. The fourth-order valence-electron chi connectivity index (χ4n) is 1.78. The van der Waals surface area contributed by atoms with E-state index in [-0.39, 0.29) is 0 Å². The molecule has 0 aliphatic rings. The molecule has 3 rings (SSSR count). The molecule has 77 valence electrons. The van der Waals surface area contributed by atoms with Gasteiger partial charge in [0.1, 0.15) is 0 Å². The van der Waals surface area contributed by atoms with Crippen LogP contribution in [0.25, 0.3) is 20.2 Å². The topological polar surface area (TPSA) is 42.4 Å². The fraction of sp³-hybridized carbons (Fsp3) is 0. The second-order valence-electron chi connectivity index (χ2n) is 3.31. The van der Waals surface area contributed by atoms with E-state index < -0.39 is 0 Å². The van der Waals surface area contributed by atoms with Crippen LogP contribution in [0, 0.1) is 0 Å². The van der Waals surface area contributed by atoms with E-state index in [1.807, 2.05) is 24.3 Å². The predicted octanol–water partition coefficient (Wildman–Crippen LogP) is 2.35. The number of fused-ring (bicyclic) bond motifs is 3. The minimum Gasteiger partial charge on any atom is -0.523 e. The highest BCUT2D eigenvalue weighted by atomic mass is 32.1. The van der Waals surface area contributed by atoms with Crippen LogP contribution in [0.2, 0.25) is 0 Å². The third-order valence-electron chi connectivity index (χ3n) is 2.42. The van der Waals surface area contributed by atoms with E-state index in [4.69, 9.17) is 9.68 Å². The number of aromatic nitrogens is 1. The molecule has 0 spiro atoms. The van der Waals surface area contributed by atoms with Crippen molar-refractivity contribution in [3.8, 4) is 5.88 Å². The van der Waals surface area contributed by atoms with Gasteiger partial charge in [-0.15, -0.1) is 11.3 Å². The molecule has 2 heterocycles. The van der Waals surface area contributed by atoms with Crippen LogP contribution in [0.15, 0.2) is 36.5 Å². The van der Waals surface area contributed by atoms with Crippen molar-refractivity contribution in [1.82, 2.24) is 4.98 Å². The zero-order valence-corrected chi connectivity index (χ0v) is 9.07. The Hall–Kier alpha value is -1.59. The molecule has 0 fully saturated rings. The van der Waals surface area contributed by atoms with Crippen LogP contribution >= 0.6 is 11.3 Å². The normalized spacial score (nSPS) is 10.8. The Kier molecular flexibility index (Phi) is 2.27. The standard InChI is InChI=1S/C11H7BNO2S/c14-12-15-11-10-7-3-1-2-4-8(7)16-9(10)5-6-13-11/h1-6,14H. The van der Waals surface area contributed by atoms with Crippen LogP contribution in [0.5, 0.6) is 5.88 Å². The molecule has 0 unspecified atom stereocenters. The van der Waals surface area contributed by atoms with Gasteiger partial charge < -0.3 is 9.68 Å². The number of benzene rings is 1. The van der Waals surface area contributed by atoms with Gasteiger partial charge in [-0.05, 0) is 12.1 Å². The highest BCUT2D eigenvalue weighted by Crippen LogP contribution is 2.37. The summed E-state index contributed by atoms with van der Waals surface area (Å²) in [6.45, 7) is 0. The van der Waals surface area contributed by atoms with E-state index in [9.17, 15) is 0 Å². The molecule has 0 aliphatic heterocycles. The van der Waals surface area contributed by atoms with Gasteiger partial charge in [0.25, 0.3) is 0 Å². The average molecular weight is 228 g/mol. The summed E-state index contributed by atoms with van der Waals surface area (Å²) in [5.74, 6) is 0.442. The Morgan fingerprint density at radius 2 is 2.06 bits per heavy atom. The molecule has 3 aromatic rings. The first-order valence-electron chi connectivity index (χ1n) is 4.79. The van der Waals surface area contributed by atoms with Crippen molar-refractivity contribution in [1.29, 1.82) is 0 Å². The second-order valence-corrected chi connectivity index (χ2v) is 4.39. The maximum Gasteiger partial charge on any atom is 0.570 e.